The molecule has 0 aromatic heterocycles. The number of carbonyl (C=O) groups excluding carboxylic acids is 2. The first-order valence-corrected chi connectivity index (χ1v) is 6.30. The Bertz CT molecular complexity index is 495. The van der Waals surface area contributed by atoms with Gasteiger partial charge in [0.2, 0.25) is 0 Å². The van der Waals surface area contributed by atoms with Crippen molar-refractivity contribution >= 4 is 11.9 Å². The highest BCUT2D eigenvalue weighted by Gasteiger charge is 2.16. The lowest BCUT2D eigenvalue weighted by Gasteiger charge is -2.11. The van der Waals surface area contributed by atoms with Gasteiger partial charge in [0, 0.05) is 18.2 Å². The van der Waals surface area contributed by atoms with Crippen molar-refractivity contribution in [1.82, 2.24) is 10.6 Å². The van der Waals surface area contributed by atoms with Crippen LogP contribution in [0.15, 0.2) is 18.2 Å². The summed E-state index contributed by atoms with van der Waals surface area (Å²) in [5.74, 6) is -1.78. The highest BCUT2D eigenvalue weighted by Crippen LogP contribution is 2.14. The summed E-state index contributed by atoms with van der Waals surface area (Å²) in [5.41, 5.74) is 0.303. The third-order valence-electron chi connectivity index (χ3n) is 2.70. The molecule has 0 radical (unpaired) electrons. The first-order valence-electron chi connectivity index (χ1n) is 6.30. The monoisotopic (exact) mass is 286 g/mol. The van der Waals surface area contributed by atoms with Gasteiger partial charge in [0.05, 0.1) is 0 Å². The van der Waals surface area contributed by atoms with Gasteiger partial charge in [-0.25, -0.2) is 13.6 Å². The predicted molar refractivity (Wildman–Crippen MR) is 68.8 cm³/mol. The number of rotatable bonds is 5. The van der Waals surface area contributed by atoms with E-state index in [0.29, 0.717) is 12.1 Å². The van der Waals surface area contributed by atoms with E-state index in [4.69, 9.17) is 0 Å². The Kier molecular flexibility index (Phi) is 6.05. The molecule has 4 N–H and O–H groups in total. The van der Waals surface area contributed by atoms with Crippen molar-refractivity contribution < 1.29 is 23.7 Å². The van der Waals surface area contributed by atoms with Crippen molar-refractivity contribution in [2.24, 2.45) is 0 Å². The van der Waals surface area contributed by atoms with Crippen molar-refractivity contribution in [3.63, 3.8) is 0 Å². The van der Waals surface area contributed by atoms with Crippen LogP contribution in [0, 0.1) is 11.6 Å². The molecule has 0 bridgehead atoms. The van der Waals surface area contributed by atoms with Crippen molar-refractivity contribution in [1.29, 1.82) is 0 Å². The number of nitrogens with two attached hydrogens (primary N) is 1. The molecule has 3 amide bonds. The Morgan fingerprint density at radius 3 is 2.65 bits per heavy atom. The van der Waals surface area contributed by atoms with Gasteiger partial charge < -0.3 is 10.6 Å². The number of amides is 3. The van der Waals surface area contributed by atoms with Crippen molar-refractivity contribution in [2.75, 3.05) is 13.1 Å². The first-order chi connectivity index (χ1) is 9.43. The van der Waals surface area contributed by atoms with E-state index in [0.717, 1.165) is 12.1 Å². The molecule has 0 unspecified atom stereocenters. The summed E-state index contributed by atoms with van der Waals surface area (Å²) in [5, 5.41) is 6.12. The summed E-state index contributed by atoms with van der Waals surface area (Å²) in [6.07, 6.45) is 0. The van der Waals surface area contributed by atoms with Crippen LogP contribution in [0.3, 0.4) is 0 Å². The molecule has 0 aliphatic rings. The van der Waals surface area contributed by atoms with Gasteiger partial charge in [-0.1, -0.05) is 0 Å². The van der Waals surface area contributed by atoms with Crippen LogP contribution in [0.25, 0.3) is 0 Å². The summed E-state index contributed by atoms with van der Waals surface area (Å²) < 4.78 is 26.3. The Morgan fingerprint density at radius 1 is 1.35 bits per heavy atom. The minimum atomic E-state index is -0.655. The summed E-state index contributed by atoms with van der Waals surface area (Å²) in [6.45, 7) is 3.81. The zero-order valence-electron chi connectivity index (χ0n) is 11.4. The number of imide groups is 1. The van der Waals surface area contributed by atoms with E-state index >= 15 is 0 Å². The molecule has 1 aromatic carbocycles. The van der Waals surface area contributed by atoms with Crippen LogP contribution in [0.2, 0.25) is 0 Å². The molecule has 7 heteroatoms. The van der Waals surface area contributed by atoms with Gasteiger partial charge in [-0.15, -0.1) is 0 Å². The zero-order chi connectivity index (χ0) is 15.1. The summed E-state index contributed by atoms with van der Waals surface area (Å²) >= 11 is 0. The maximum absolute atomic E-state index is 13.5. The van der Waals surface area contributed by atoms with E-state index in [1.165, 1.54) is 6.07 Å². The minimum Gasteiger partial charge on any atom is -0.338 e. The summed E-state index contributed by atoms with van der Waals surface area (Å²) in [6, 6.07) is 2.38. The SMILES string of the molecule is CCNC(=O)NC(=O)C[NH2+][C@@H](C)c1ccc(F)cc1F. The Balaban J connectivity index is 2.48. The van der Waals surface area contributed by atoms with E-state index in [1.54, 1.807) is 19.2 Å². The van der Waals surface area contributed by atoms with Gasteiger partial charge in [-0.2, -0.15) is 0 Å². The van der Waals surface area contributed by atoms with Gasteiger partial charge in [-0.3, -0.25) is 10.1 Å². The molecule has 0 aliphatic heterocycles. The molecule has 0 aliphatic carbocycles. The summed E-state index contributed by atoms with van der Waals surface area (Å²) in [4.78, 5) is 22.5. The van der Waals surface area contributed by atoms with E-state index in [-0.39, 0.29) is 12.6 Å². The molecular formula is C13H18F2N3O2+. The van der Waals surface area contributed by atoms with Gasteiger partial charge in [0.15, 0.2) is 6.54 Å². The fourth-order valence-electron chi connectivity index (χ4n) is 1.66. The van der Waals surface area contributed by atoms with Crippen molar-refractivity contribution in [2.45, 2.75) is 19.9 Å². The second kappa shape index (κ2) is 7.54. The second-order valence-corrected chi connectivity index (χ2v) is 4.30. The molecular weight excluding hydrogens is 268 g/mol. The van der Waals surface area contributed by atoms with E-state index in [1.807, 2.05) is 0 Å². The molecule has 0 fully saturated rings. The number of quaternary nitrogens is 1. The van der Waals surface area contributed by atoms with Crippen molar-refractivity contribution in [3.05, 3.63) is 35.4 Å². The molecule has 1 atom stereocenters. The van der Waals surface area contributed by atoms with E-state index in [9.17, 15) is 18.4 Å². The van der Waals surface area contributed by atoms with E-state index in [2.05, 4.69) is 10.6 Å². The number of hydrogen-bond acceptors (Lipinski definition) is 2. The maximum Gasteiger partial charge on any atom is 0.321 e. The molecule has 20 heavy (non-hydrogen) atoms. The quantitative estimate of drug-likeness (QED) is 0.734. The Hall–Kier alpha value is -2.02. The van der Waals surface area contributed by atoms with Crippen LogP contribution in [0.5, 0.6) is 0 Å². The van der Waals surface area contributed by atoms with Gasteiger partial charge in [-0.05, 0) is 26.0 Å². The minimum absolute atomic E-state index is 0.0326. The van der Waals surface area contributed by atoms with E-state index < -0.39 is 23.6 Å². The highest BCUT2D eigenvalue weighted by molar-refractivity contribution is 5.94. The number of urea groups is 1. The standard InChI is InChI=1S/C13H17F2N3O2/c1-3-16-13(20)18-12(19)7-17-8(2)10-5-4-9(14)6-11(10)15/h4-6,8,17H,3,7H2,1-2H3,(H2,16,18,19,20)/p+1/t8-/m0/s1. The fourth-order valence-corrected chi connectivity index (χ4v) is 1.66. The third-order valence-corrected chi connectivity index (χ3v) is 2.70. The van der Waals surface area contributed by atoms with Gasteiger partial charge >= 0.3 is 6.03 Å². The van der Waals surface area contributed by atoms with Crippen LogP contribution in [-0.4, -0.2) is 25.0 Å². The lowest BCUT2D eigenvalue weighted by Crippen LogP contribution is -2.87. The normalized spacial score (nSPS) is 11.8. The molecule has 0 heterocycles. The number of halogens is 2. The zero-order valence-corrected chi connectivity index (χ0v) is 11.4. The molecule has 5 nitrogen and oxygen atoms in total. The Morgan fingerprint density at radius 2 is 2.05 bits per heavy atom. The fraction of sp³-hybridized carbons (Fsp3) is 0.385. The van der Waals surface area contributed by atoms with Gasteiger partial charge in [0.25, 0.3) is 5.91 Å². The average Bonchev–Trinajstić information content (AvgIpc) is 2.36. The van der Waals surface area contributed by atoms with Gasteiger partial charge in [0.1, 0.15) is 17.7 Å². The lowest BCUT2D eigenvalue weighted by molar-refractivity contribution is -0.682. The lowest BCUT2D eigenvalue weighted by atomic mass is 10.1. The van der Waals surface area contributed by atoms with Crippen LogP contribution in [0.4, 0.5) is 13.6 Å². The van der Waals surface area contributed by atoms with Crippen molar-refractivity contribution in [3.8, 4) is 0 Å². The second-order valence-electron chi connectivity index (χ2n) is 4.30. The predicted octanol–water partition coefficient (Wildman–Crippen LogP) is 0.435. The molecule has 110 valence electrons. The molecule has 1 rings (SSSR count). The summed E-state index contributed by atoms with van der Waals surface area (Å²) in [7, 11) is 0. The van der Waals surface area contributed by atoms with Crippen LogP contribution in [-0.2, 0) is 4.79 Å². The number of carbonyl (C=O) groups is 2. The first kappa shape index (κ1) is 16.0. The molecule has 0 spiro atoms. The maximum atomic E-state index is 13.5. The van der Waals surface area contributed by atoms with Crippen LogP contribution < -0.4 is 16.0 Å². The molecule has 1 aromatic rings. The highest BCUT2D eigenvalue weighted by atomic mass is 19.1. The third kappa shape index (κ3) is 4.93. The average molecular weight is 286 g/mol. The largest absolute Gasteiger partial charge is 0.338 e. The number of hydrogen-bond donors (Lipinski definition) is 3. The number of nitrogens with one attached hydrogen (secondary N) is 2. The smallest absolute Gasteiger partial charge is 0.321 e. The number of benzene rings is 1. The molecule has 0 saturated heterocycles. The molecule has 0 saturated carbocycles. The Labute approximate surface area is 115 Å². The van der Waals surface area contributed by atoms with Crippen LogP contribution in [0.1, 0.15) is 25.5 Å². The topological polar surface area (TPSA) is 74.8 Å². The van der Waals surface area contributed by atoms with Crippen LogP contribution >= 0.6 is 0 Å².